The largest absolute Gasteiger partial charge is 0.395 e. The van der Waals surface area contributed by atoms with Gasteiger partial charge in [0, 0.05) is 13.1 Å². The second kappa shape index (κ2) is 11.9. The number of hydrogen-bond donors (Lipinski definition) is 1. The van der Waals surface area contributed by atoms with Gasteiger partial charge >= 0.3 is 0 Å². The summed E-state index contributed by atoms with van der Waals surface area (Å²) in [5.74, 6) is 0. The summed E-state index contributed by atoms with van der Waals surface area (Å²) in [5.41, 5.74) is 1.02. The van der Waals surface area contributed by atoms with Crippen molar-refractivity contribution in [3.05, 3.63) is 29.8 Å². The van der Waals surface area contributed by atoms with Crippen molar-refractivity contribution >= 4 is 10.0 Å². The SMILES string of the molecule is CC.CC.CCN(CCO)S(=O)(=O)c1ccc(C)cc1. The molecule has 0 unspecified atom stereocenters. The van der Waals surface area contributed by atoms with E-state index in [-0.39, 0.29) is 18.0 Å². The van der Waals surface area contributed by atoms with Crippen molar-refractivity contribution < 1.29 is 13.5 Å². The molecular weight excluding hydrogens is 274 g/mol. The van der Waals surface area contributed by atoms with E-state index in [2.05, 4.69) is 0 Å². The summed E-state index contributed by atoms with van der Waals surface area (Å²) in [7, 11) is -3.46. The first-order valence-electron chi connectivity index (χ1n) is 7.20. The van der Waals surface area contributed by atoms with E-state index in [4.69, 9.17) is 5.11 Å². The number of aliphatic hydroxyl groups is 1. The smallest absolute Gasteiger partial charge is 0.243 e. The maximum absolute atomic E-state index is 12.1. The van der Waals surface area contributed by atoms with Crippen LogP contribution in [0.25, 0.3) is 0 Å². The van der Waals surface area contributed by atoms with Gasteiger partial charge in [-0.15, -0.1) is 0 Å². The average Bonchev–Trinajstić information content (AvgIpc) is 2.49. The number of sulfonamides is 1. The normalized spacial score (nSPS) is 10.2. The van der Waals surface area contributed by atoms with E-state index in [1.807, 2.05) is 34.6 Å². The Balaban J connectivity index is 0. The molecule has 0 bridgehead atoms. The van der Waals surface area contributed by atoms with Gasteiger partial charge in [0.2, 0.25) is 10.0 Å². The summed E-state index contributed by atoms with van der Waals surface area (Å²) in [4.78, 5) is 0.272. The number of aryl methyl sites for hydroxylation is 1. The summed E-state index contributed by atoms with van der Waals surface area (Å²) in [6, 6.07) is 6.70. The molecule has 0 aliphatic carbocycles. The molecule has 5 heteroatoms. The molecule has 0 aromatic heterocycles. The molecule has 0 fully saturated rings. The fraction of sp³-hybridized carbons (Fsp3) is 0.600. The lowest BCUT2D eigenvalue weighted by atomic mass is 10.2. The number of rotatable bonds is 5. The number of benzene rings is 1. The number of nitrogens with zero attached hydrogens (tertiary/aromatic N) is 1. The molecular formula is C15H29NO3S. The average molecular weight is 303 g/mol. The topological polar surface area (TPSA) is 57.6 Å². The van der Waals surface area contributed by atoms with Crippen LogP contribution in [-0.4, -0.2) is 37.5 Å². The molecule has 1 rings (SSSR count). The van der Waals surface area contributed by atoms with Crippen LogP contribution in [0.3, 0.4) is 0 Å². The molecule has 20 heavy (non-hydrogen) atoms. The van der Waals surface area contributed by atoms with Gasteiger partial charge in [-0.2, -0.15) is 4.31 Å². The molecule has 0 radical (unpaired) electrons. The van der Waals surface area contributed by atoms with Crippen LogP contribution in [0.15, 0.2) is 29.2 Å². The molecule has 0 atom stereocenters. The zero-order valence-electron chi connectivity index (χ0n) is 13.5. The van der Waals surface area contributed by atoms with Gasteiger partial charge in [-0.3, -0.25) is 0 Å². The molecule has 0 aliphatic rings. The lowest BCUT2D eigenvalue weighted by molar-refractivity contribution is 0.257. The van der Waals surface area contributed by atoms with Gasteiger partial charge in [0.25, 0.3) is 0 Å². The van der Waals surface area contributed by atoms with Crippen LogP contribution in [0.2, 0.25) is 0 Å². The van der Waals surface area contributed by atoms with Gasteiger partial charge in [-0.05, 0) is 19.1 Å². The van der Waals surface area contributed by atoms with Crippen molar-refractivity contribution in [3.8, 4) is 0 Å². The van der Waals surface area contributed by atoms with Gasteiger partial charge in [-0.1, -0.05) is 52.3 Å². The third kappa shape index (κ3) is 6.50. The Labute approximate surface area is 124 Å². The lowest BCUT2D eigenvalue weighted by Crippen LogP contribution is -2.33. The van der Waals surface area contributed by atoms with E-state index in [9.17, 15) is 8.42 Å². The minimum absolute atomic E-state index is 0.132. The van der Waals surface area contributed by atoms with Crippen LogP contribution >= 0.6 is 0 Å². The fourth-order valence-electron chi connectivity index (χ4n) is 1.42. The van der Waals surface area contributed by atoms with Crippen LogP contribution in [0.1, 0.15) is 40.2 Å². The van der Waals surface area contributed by atoms with Crippen molar-refractivity contribution in [1.82, 2.24) is 4.31 Å². The van der Waals surface area contributed by atoms with Crippen molar-refractivity contribution in [2.75, 3.05) is 19.7 Å². The number of hydrogen-bond acceptors (Lipinski definition) is 3. The summed E-state index contributed by atoms with van der Waals surface area (Å²) < 4.78 is 25.4. The van der Waals surface area contributed by atoms with E-state index in [1.165, 1.54) is 4.31 Å². The Morgan fingerprint density at radius 3 is 1.85 bits per heavy atom. The van der Waals surface area contributed by atoms with Crippen LogP contribution in [0.4, 0.5) is 0 Å². The summed E-state index contributed by atoms with van der Waals surface area (Å²) in [6.07, 6.45) is 0. The van der Waals surface area contributed by atoms with Crippen molar-refractivity contribution in [1.29, 1.82) is 0 Å². The Kier molecular flexibility index (Phi) is 12.7. The Hall–Kier alpha value is -0.910. The van der Waals surface area contributed by atoms with Crippen molar-refractivity contribution in [2.45, 2.75) is 46.4 Å². The monoisotopic (exact) mass is 303 g/mol. The molecule has 1 aromatic carbocycles. The second-order valence-corrected chi connectivity index (χ2v) is 5.47. The highest BCUT2D eigenvalue weighted by molar-refractivity contribution is 7.89. The molecule has 0 saturated heterocycles. The Morgan fingerprint density at radius 2 is 1.50 bits per heavy atom. The first-order chi connectivity index (χ1) is 9.52. The number of likely N-dealkylation sites (N-methyl/N-ethyl adjacent to an activating group) is 1. The molecule has 4 nitrogen and oxygen atoms in total. The molecule has 0 aliphatic heterocycles. The second-order valence-electron chi connectivity index (χ2n) is 3.53. The van der Waals surface area contributed by atoms with Crippen molar-refractivity contribution in [2.24, 2.45) is 0 Å². The van der Waals surface area contributed by atoms with Gasteiger partial charge in [0.15, 0.2) is 0 Å². The predicted octanol–water partition coefficient (Wildman–Crippen LogP) is 3.05. The van der Waals surface area contributed by atoms with Gasteiger partial charge < -0.3 is 5.11 Å². The van der Waals surface area contributed by atoms with E-state index in [0.717, 1.165) is 5.56 Å². The minimum atomic E-state index is -3.46. The highest BCUT2D eigenvalue weighted by Crippen LogP contribution is 2.15. The zero-order chi connectivity index (χ0) is 16.2. The highest BCUT2D eigenvalue weighted by Gasteiger charge is 2.21. The van der Waals surface area contributed by atoms with Crippen molar-refractivity contribution in [3.63, 3.8) is 0 Å². The predicted molar refractivity (Wildman–Crippen MR) is 85.4 cm³/mol. The third-order valence-electron chi connectivity index (χ3n) is 2.36. The molecule has 118 valence electrons. The van der Waals surface area contributed by atoms with Gasteiger partial charge in [0.05, 0.1) is 11.5 Å². The standard InChI is InChI=1S/C11H17NO3S.2C2H6/c1-3-12(8-9-13)16(14,15)11-6-4-10(2)5-7-11;2*1-2/h4-7,13H,3,8-9H2,1-2H3;2*1-2H3. The fourth-order valence-corrected chi connectivity index (χ4v) is 2.86. The van der Waals surface area contributed by atoms with Crippen LogP contribution in [0, 0.1) is 6.92 Å². The third-order valence-corrected chi connectivity index (χ3v) is 4.35. The Bertz CT molecular complexity index is 427. The molecule has 1 aromatic rings. The van der Waals surface area contributed by atoms with Gasteiger partial charge in [-0.25, -0.2) is 8.42 Å². The summed E-state index contributed by atoms with van der Waals surface area (Å²) >= 11 is 0. The molecule has 1 N–H and O–H groups in total. The quantitative estimate of drug-likeness (QED) is 0.909. The minimum Gasteiger partial charge on any atom is -0.395 e. The summed E-state index contributed by atoms with van der Waals surface area (Å²) in [5, 5.41) is 8.82. The lowest BCUT2D eigenvalue weighted by Gasteiger charge is -2.19. The first kappa shape index (κ1) is 21.4. The van der Waals surface area contributed by atoms with E-state index < -0.39 is 10.0 Å². The molecule has 0 amide bonds. The van der Waals surface area contributed by atoms with Crippen LogP contribution in [-0.2, 0) is 10.0 Å². The number of aliphatic hydroxyl groups excluding tert-OH is 1. The molecule has 0 spiro atoms. The highest BCUT2D eigenvalue weighted by atomic mass is 32.2. The summed E-state index contributed by atoms with van der Waals surface area (Å²) in [6.45, 7) is 12.0. The maximum atomic E-state index is 12.1. The molecule has 0 saturated carbocycles. The van der Waals surface area contributed by atoms with E-state index in [1.54, 1.807) is 31.2 Å². The van der Waals surface area contributed by atoms with E-state index >= 15 is 0 Å². The van der Waals surface area contributed by atoms with E-state index in [0.29, 0.717) is 6.54 Å². The van der Waals surface area contributed by atoms with Gasteiger partial charge in [0.1, 0.15) is 0 Å². The zero-order valence-corrected chi connectivity index (χ0v) is 14.4. The maximum Gasteiger partial charge on any atom is 0.243 e. The molecule has 0 heterocycles. The van der Waals surface area contributed by atoms with Crippen LogP contribution in [0.5, 0.6) is 0 Å². The Morgan fingerprint density at radius 1 is 1.05 bits per heavy atom. The first-order valence-corrected chi connectivity index (χ1v) is 8.64. The van der Waals surface area contributed by atoms with Crippen LogP contribution < -0.4 is 0 Å².